The van der Waals surface area contributed by atoms with Crippen LogP contribution >= 0.6 is 0 Å². The van der Waals surface area contributed by atoms with Crippen LogP contribution in [0, 0.1) is 0 Å². The van der Waals surface area contributed by atoms with Crippen LogP contribution in [0.1, 0.15) is 19.0 Å². The van der Waals surface area contributed by atoms with Crippen molar-refractivity contribution in [3.63, 3.8) is 0 Å². The average Bonchev–Trinajstić information content (AvgIpc) is 2.58. The lowest BCUT2D eigenvalue weighted by Crippen LogP contribution is -2.20. The number of amides is 1. The number of hydrogen-bond donors (Lipinski definition) is 2. The Morgan fingerprint density at radius 1 is 1.60 bits per heavy atom. The minimum atomic E-state index is 0.0458. The predicted octanol–water partition coefficient (Wildman–Crippen LogP) is 0.530. The molecule has 1 heterocycles. The minimum absolute atomic E-state index is 0.0458. The number of carbonyl (C=O) groups is 1. The van der Waals surface area contributed by atoms with Crippen LogP contribution in [0.2, 0.25) is 0 Å². The second-order valence-corrected chi connectivity index (χ2v) is 3.37. The van der Waals surface area contributed by atoms with Crippen molar-refractivity contribution in [1.29, 1.82) is 0 Å². The molecule has 0 spiro atoms. The molecule has 0 radical (unpaired) electrons. The Kier molecular flexibility index (Phi) is 4.15. The number of hydrogen-bond acceptors (Lipinski definition) is 3. The van der Waals surface area contributed by atoms with E-state index in [4.69, 9.17) is 0 Å². The maximum absolute atomic E-state index is 11.0. The highest BCUT2D eigenvalue weighted by Gasteiger charge is 2.05. The van der Waals surface area contributed by atoms with Crippen LogP contribution in [-0.4, -0.2) is 29.3 Å². The molecule has 0 unspecified atom stereocenters. The van der Waals surface area contributed by atoms with Crippen LogP contribution in [0.25, 0.3) is 0 Å². The van der Waals surface area contributed by atoms with Crippen molar-refractivity contribution >= 4 is 11.6 Å². The van der Waals surface area contributed by atoms with Gasteiger partial charge in [-0.3, -0.25) is 9.48 Å². The highest BCUT2D eigenvalue weighted by atomic mass is 16.1. The number of rotatable bonds is 5. The van der Waals surface area contributed by atoms with E-state index >= 15 is 0 Å². The van der Waals surface area contributed by atoms with E-state index in [0.29, 0.717) is 13.0 Å². The Hall–Kier alpha value is -1.52. The topological polar surface area (TPSA) is 59.0 Å². The van der Waals surface area contributed by atoms with Crippen LogP contribution < -0.4 is 10.6 Å². The molecule has 1 aromatic rings. The molecule has 0 bridgehead atoms. The molecular formula is C10H18N4O. The van der Waals surface area contributed by atoms with Gasteiger partial charge in [0.2, 0.25) is 5.91 Å². The molecule has 0 aromatic carbocycles. The van der Waals surface area contributed by atoms with Gasteiger partial charge in [0.05, 0.1) is 11.4 Å². The van der Waals surface area contributed by atoms with Gasteiger partial charge in [0, 0.05) is 33.3 Å². The molecule has 0 saturated carbocycles. The van der Waals surface area contributed by atoms with Gasteiger partial charge in [-0.05, 0) is 6.42 Å². The fourth-order valence-corrected chi connectivity index (χ4v) is 1.38. The summed E-state index contributed by atoms with van der Waals surface area (Å²) in [4.78, 5) is 11.0. The highest BCUT2D eigenvalue weighted by molar-refractivity contribution is 5.76. The van der Waals surface area contributed by atoms with Gasteiger partial charge in [0.25, 0.3) is 0 Å². The van der Waals surface area contributed by atoms with E-state index in [1.807, 2.05) is 13.2 Å². The van der Waals surface area contributed by atoms with E-state index in [1.165, 1.54) is 0 Å². The molecule has 0 atom stereocenters. The summed E-state index contributed by atoms with van der Waals surface area (Å²) >= 11 is 0. The van der Waals surface area contributed by atoms with Gasteiger partial charge < -0.3 is 10.6 Å². The summed E-state index contributed by atoms with van der Waals surface area (Å²) in [7, 11) is 3.53. The Balaban J connectivity index is 2.46. The fraction of sp³-hybridized carbons (Fsp3) is 0.600. The number of aryl methyl sites for hydroxylation is 2. The molecule has 15 heavy (non-hydrogen) atoms. The standard InChI is InChI=1S/C10H18N4O/c1-4-8-9(7-14(3)13-8)12-6-5-10(15)11-2/h7,12H,4-6H2,1-3H3,(H,11,15). The predicted molar refractivity (Wildman–Crippen MR) is 59.8 cm³/mol. The number of nitrogens with one attached hydrogen (secondary N) is 2. The summed E-state index contributed by atoms with van der Waals surface area (Å²) in [5, 5.41) is 10.1. The summed E-state index contributed by atoms with van der Waals surface area (Å²) < 4.78 is 1.78. The highest BCUT2D eigenvalue weighted by Crippen LogP contribution is 2.13. The smallest absolute Gasteiger partial charge is 0.221 e. The van der Waals surface area contributed by atoms with Gasteiger partial charge >= 0.3 is 0 Å². The maximum Gasteiger partial charge on any atom is 0.221 e. The lowest BCUT2D eigenvalue weighted by Gasteiger charge is -2.04. The van der Waals surface area contributed by atoms with E-state index in [0.717, 1.165) is 17.8 Å². The summed E-state index contributed by atoms with van der Waals surface area (Å²) in [5.74, 6) is 0.0458. The molecule has 0 aliphatic carbocycles. The number of nitrogens with zero attached hydrogens (tertiary/aromatic N) is 2. The third-order valence-corrected chi connectivity index (χ3v) is 2.19. The lowest BCUT2D eigenvalue weighted by atomic mass is 10.3. The van der Waals surface area contributed by atoms with E-state index in [9.17, 15) is 4.79 Å². The monoisotopic (exact) mass is 210 g/mol. The van der Waals surface area contributed by atoms with E-state index in [-0.39, 0.29) is 5.91 Å². The molecule has 84 valence electrons. The molecule has 2 N–H and O–H groups in total. The summed E-state index contributed by atoms with van der Waals surface area (Å²) in [6.07, 6.45) is 3.31. The van der Waals surface area contributed by atoms with Gasteiger partial charge in [0.1, 0.15) is 0 Å². The molecule has 0 aliphatic rings. The van der Waals surface area contributed by atoms with E-state index in [1.54, 1.807) is 11.7 Å². The van der Waals surface area contributed by atoms with Gasteiger partial charge in [-0.2, -0.15) is 5.10 Å². The van der Waals surface area contributed by atoms with Crippen molar-refractivity contribution in [3.8, 4) is 0 Å². The Morgan fingerprint density at radius 3 is 2.93 bits per heavy atom. The average molecular weight is 210 g/mol. The molecule has 5 nitrogen and oxygen atoms in total. The van der Waals surface area contributed by atoms with Crippen molar-refractivity contribution in [2.45, 2.75) is 19.8 Å². The molecule has 0 saturated heterocycles. The Bertz CT molecular complexity index is 332. The van der Waals surface area contributed by atoms with Crippen molar-refractivity contribution in [2.75, 3.05) is 18.9 Å². The van der Waals surface area contributed by atoms with E-state index in [2.05, 4.69) is 22.7 Å². The summed E-state index contributed by atoms with van der Waals surface area (Å²) in [6, 6.07) is 0. The lowest BCUT2D eigenvalue weighted by molar-refractivity contribution is -0.120. The first-order chi connectivity index (χ1) is 7.17. The second-order valence-electron chi connectivity index (χ2n) is 3.37. The first kappa shape index (κ1) is 11.6. The first-order valence-corrected chi connectivity index (χ1v) is 5.14. The van der Waals surface area contributed by atoms with Crippen LogP contribution in [0.3, 0.4) is 0 Å². The van der Waals surface area contributed by atoms with Crippen LogP contribution in [0.15, 0.2) is 6.20 Å². The number of carbonyl (C=O) groups excluding carboxylic acids is 1. The molecule has 5 heteroatoms. The Labute approximate surface area is 89.9 Å². The van der Waals surface area contributed by atoms with Crippen molar-refractivity contribution in [3.05, 3.63) is 11.9 Å². The molecule has 0 fully saturated rings. The van der Waals surface area contributed by atoms with E-state index < -0.39 is 0 Å². The van der Waals surface area contributed by atoms with Gasteiger partial charge in [-0.1, -0.05) is 6.92 Å². The normalized spacial score (nSPS) is 10.1. The summed E-state index contributed by atoms with van der Waals surface area (Å²) in [6.45, 7) is 2.70. The quantitative estimate of drug-likeness (QED) is 0.745. The van der Waals surface area contributed by atoms with Crippen molar-refractivity contribution in [1.82, 2.24) is 15.1 Å². The molecule has 1 aromatic heterocycles. The third-order valence-electron chi connectivity index (χ3n) is 2.19. The number of anilines is 1. The number of aromatic nitrogens is 2. The minimum Gasteiger partial charge on any atom is -0.382 e. The van der Waals surface area contributed by atoms with Crippen LogP contribution in [-0.2, 0) is 18.3 Å². The zero-order valence-corrected chi connectivity index (χ0v) is 9.50. The SMILES string of the molecule is CCc1nn(C)cc1NCCC(=O)NC. The second kappa shape index (κ2) is 5.38. The first-order valence-electron chi connectivity index (χ1n) is 5.14. The van der Waals surface area contributed by atoms with Gasteiger partial charge in [0.15, 0.2) is 0 Å². The van der Waals surface area contributed by atoms with Crippen molar-refractivity contribution in [2.24, 2.45) is 7.05 Å². The fourth-order valence-electron chi connectivity index (χ4n) is 1.38. The third kappa shape index (κ3) is 3.27. The largest absolute Gasteiger partial charge is 0.382 e. The van der Waals surface area contributed by atoms with Crippen molar-refractivity contribution < 1.29 is 4.79 Å². The summed E-state index contributed by atoms with van der Waals surface area (Å²) in [5.41, 5.74) is 2.05. The maximum atomic E-state index is 11.0. The van der Waals surface area contributed by atoms with Gasteiger partial charge in [-0.25, -0.2) is 0 Å². The van der Waals surface area contributed by atoms with Crippen LogP contribution in [0.4, 0.5) is 5.69 Å². The van der Waals surface area contributed by atoms with Gasteiger partial charge in [-0.15, -0.1) is 0 Å². The zero-order chi connectivity index (χ0) is 11.3. The molecule has 0 aliphatic heterocycles. The molecular weight excluding hydrogens is 192 g/mol. The molecule has 1 rings (SSSR count). The van der Waals surface area contributed by atoms with Crippen LogP contribution in [0.5, 0.6) is 0 Å². The molecule has 1 amide bonds. The zero-order valence-electron chi connectivity index (χ0n) is 9.50. The Morgan fingerprint density at radius 2 is 2.33 bits per heavy atom.